The second kappa shape index (κ2) is 15.3. The first kappa shape index (κ1) is 32.4. The number of methoxy groups -OCH3 is 1. The maximum Gasteiger partial charge on any atom is 0.246 e. The van der Waals surface area contributed by atoms with Gasteiger partial charge in [0.05, 0.1) is 12.0 Å². The van der Waals surface area contributed by atoms with Crippen molar-refractivity contribution in [2.75, 3.05) is 47.5 Å². The van der Waals surface area contributed by atoms with Crippen LogP contribution in [0.1, 0.15) is 63.0 Å². The standard InChI is InChI=1S/C32H46FN3O5S/c1-35(2)32(26-7-6-8-27(33)21-26)25-12-10-24(11-13-25)22-34-31(37)23-41-20-18-28-9-4-5-19-36(28)42(38,39)30-16-14-29(40-3)15-17-30/h6-8,14-17,21,24-25,28,32H,4-5,9-13,18-20,22-23H2,1-3H3,(H,34,37). The average molecular weight is 604 g/mol. The lowest BCUT2D eigenvalue weighted by molar-refractivity contribution is -0.126. The Morgan fingerprint density at radius 3 is 2.48 bits per heavy atom. The van der Waals surface area contributed by atoms with Crippen LogP contribution in [0, 0.1) is 17.7 Å². The Kier molecular flexibility index (Phi) is 11.8. The normalized spacial score (nSPS) is 22.5. The number of sulfonamides is 1. The minimum Gasteiger partial charge on any atom is -0.497 e. The van der Waals surface area contributed by atoms with E-state index in [2.05, 4.69) is 10.2 Å². The minimum atomic E-state index is -3.62. The van der Waals surface area contributed by atoms with Gasteiger partial charge in [-0.05, 0) is 113 Å². The quantitative estimate of drug-likeness (QED) is 0.324. The van der Waals surface area contributed by atoms with E-state index >= 15 is 0 Å². The van der Waals surface area contributed by atoms with Crippen molar-refractivity contribution in [2.24, 2.45) is 11.8 Å². The highest BCUT2D eigenvalue weighted by atomic mass is 32.2. The predicted molar refractivity (Wildman–Crippen MR) is 161 cm³/mol. The molecule has 1 aliphatic heterocycles. The second-order valence-corrected chi connectivity index (χ2v) is 13.7. The molecule has 0 radical (unpaired) electrons. The molecule has 0 aromatic heterocycles. The van der Waals surface area contributed by atoms with Crippen molar-refractivity contribution in [3.63, 3.8) is 0 Å². The summed E-state index contributed by atoms with van der Waals surface area (Å²) in [4.78, 5) is 14.9. The van der Waals surface area contributed by atoms with Crippen LogP contribution in [0.15, 0.2) is 53.4 Å². The zero-order chi connectivity index (χ0) is 30.1. The third-order valence-corrected chi connectivity index (χ3v) is 10.7. The van der Waals surface area contributed by atoms with Crippen LogP contribution in [-0.4, -0.2) is 77.1 Å². The van der Waals surface area contributed by atoms with Gasteiger partial charge in [-0.1, -0.05) is 18.6 Å². The molecule has 1 saturated carbocycles. The van der Waals surface area contributed by atoms with Crippen molar-refractivity contribution < 1.29 is 27.1 Å². The van der Waals surface area contributed by atoms with Crippen molar-refractivity contribution in [1.82, 2.24) is 14.5 Å². The number of carbonyl (C=O) groups excluding carboxylic acids is 1. The molecule has 42 heavy (non-hydrogen) atoms. The van der Waals surface area contributed by atoms with Crippen LogP contribution in [0.2, 0.25) is 0 Å². The van der Waals surface area contributed by atoms with Crippen LogP contribution >= 0.6 is 0 Å². The van der Waals surface area contributed by atoms with Gasteiger partial charge < -0.3 is 19.7 Å². The third-order valence-electron chi connectivity index (χ3n) is 8.74. The summed E-state index contributed by atoms with van der Waals surface area (Å²) in [6.45, 7) is 1.40. The lowest BCUT2D eigenvalue weighted by Gasteiger charge is -2.37. The summed E-state index contributed by atoms with van der Waals surface area (Å²) >= 11 is 0. The Labute approximate surface area is 250 Å². The third kappa shape index (κ3) is 8.52. The first-order valence-corrected chi connectivity index (χ1v) is 16.5. The largest absolute Gasteiger partial charge is 0.497 e. The Hall–Kier alpha value is -2.53. The highest BCUT2D eigenvalue weighted by molar-refractivity contribution is 7.89. The zero-order valence-electron chi connectivity index (χ0n) is 25.1. The van der Waals surface area contributed by atoms with Gasteiger partial charge in [-0.25, -0.2) is 12.8 Å². The molecule has 232 valence electrons. The maximum atomic E-state index is 13.9. The molecule has 2 aromatic carbocycles. The molecule has 2 atom stereocenters. The second-order valence-electron chi connectivity index (χ2n) is 11.8. The van der Waals surface area contributed by atoms with Crippen molar-refractivity contribution >= 4 is 15.9 Å². The highest BCUT2D eigenvalue weighted by Gasteiger charge is 2.33. The fourth-order valence-corrected chi connectivity index (χ4v) is 8.27. The fourth-order valence-electron chi connectivity index (χ4n) is 6.55. The number of benzene rings is 2. The Morgan fingerprint density at radius 1 is 1.07 bits per heavy atom. The molecule has 2 unspecified atom stereocenters. The van der Waals surface area contributed by atoms with Gasteiger partial charge in [-0.2, -0.15) is 4.31 Å². The van der Waals surface area contributed by atoms with Gasteiger partial charge in [0.15, 0.2) is 0 Å². The zero-order valence-corrected chi connectivity index (χ0v) is 26.0. The average Bonchev–Trinajstić information content (AvgIpc) is 2.99. The van der Waals surface area contributed by atoms with Crippen molar-refractivity contribution in [3.8, 4) is 5.75 Å². The Morgan fingerprint density at radius 2 is 1.81 bits per heavy atom. The van der Waals surface area contributed by atoms with Crippen LogP contribution in [0.5, 0.6) is 5.75 Å². The minimum absolute atomic E-state index is 0.0322. The highest BCUT2D eigenvalue weighted by Crippen LogP contribution is 2.39. The summed E-state index contributed by atoms with van der Waals surface area (Å²) < 4.78 is 52.9. The van der Waals surface area contributed by atoms with Gasteiger partial charge in [0, 0.05) is 31.8 Å². The molecule has 1 aliphatic carbocycles. The lowest BCUT2D eigenvalue weighted by Crippen LogP contribution is -2.44. The maximum absolute atomic E-state index is 13.9. The fraction of sp³-hybridized carbons (Fsp3) is 0.594. The first-order valence-electron chi connectivity index (χ1n) is 15.1. The number of nitrogens with one attached hydrogen (secondary N) is 1. The molecular formula is C32H46FN3O5S. The molecule has 1 heterocycles. The lowest BCUT2D eigenvalue weighted by atomic mass is 9.76. The van der Waals surface area contributed by atoms with E-state index < -0.39 is 10.0 Å². The van der Waals surface area contributed by atoms with Gasteiger partial charge >= 0.3 is 0 Å². The Bertz CT molecular complexity index is 1250. The van der Waals surface area contributed by atoms with Crippen LogP contribution in [0.4, 0.5) is 4.39 Å². The molecule has 2 aliphatic rings. The number of carbonyl (C=O) groups is 1. The molecule has 4 rings (SSSR count). The van der Waals surface area contributed by atoms with Crippen molar-refractivity contribution in [3.05, 3.63) is 59.9 Å². The smallest absolute Gasteiger partial charge is 0.246 e. The van der Waals surface area contributed by atoms with E-state index in [-0.39, 0.29) is 35.3 Å². The molecule has 8 nitrogen and oxygen atoms in total. The molecule has 10 heteroatoms. The Balaban J connectivity index is 1.17. The number of amides is 1. The number of hydrogen-bond donors (Lipinski definition) is 1. The monoisotopic (exact) mass is 603 g/mol. The number of rotatable bonds is 13. The number of hydrogen-bond acceptors (Lipinski definition) is 6. The molecule has 1 saturated heterocycles. The predicted octanol–water partition coefficient (Wildman–Crippen LogP) is 5.01. The van der Waals surface area contributed by atoms with Crippen LogP contribution in [0.25, 0.3) is 0 Å². The molecule has 2 aromatic rings. The van der Waals surface area contributed by atoms with E-state index in [1.165, 1.54) is 6.07 Å². The van der Waals surface area contributed by atoms with Crippen molar-refractivity contribution in [1.29, 1.82) is 0 Å². The van der Waals surface area contributed by atoms with Gasteiger partial charge in [-0.15, -0.1) is 0 Å². The van der Waals surface area contributed by atoms with Crippen LogP contribution < -0.4 is 10.1 Å². The van der Waals surface area contributed by atoms with E-state index in [4.69, 9.17) is 9.47 Å². The van der Waals surface area contributed by atoms with Crippen molar-refractivity contribution in [2.45, 2.75) is 68.3 Å². The number of piperidine rings is 1. The summed E-state index contributed by atoms with van der Waals surface area (Å²) in [5.41, 5.74) is 1.02. The summed E-state index contributed by atoms with van der Waals surface area (Å²) in [5, 5.41) is 3.02. The summed E-state index contributed by atoms with van der Waals surface area (Å²) in [7, 11) is 2.03. The van der Waals surface area contributed by atoms with Gasteiger partial charge in [0.1, 0.15) is 18.2 Å². The van der Waals surface area contributed by atoms with E-state index in [1.54, 1.807) is 47.8 Å². The van der Waals surface area contributed by atoms with Gasteiger partial charge in [0.25, 0.3) is 0 Å². The summed E-state index contributed by atoms with van der Waals surface area (Å²) in [6.07, 6.45) is 7.24. The van der Waals surface area contributed by atoms with E-state index in [9.17, 15) is 17.6 Å². The number of halogens is 1. The van der Waals surface area contributed by atoms with Crippen LogP contribution in [-0.2, 0) is 19.6 Å². The molecule has 2 fully saturated rings. The number of ether oxygens (including phenoxy) is 2. The number of nitrogens with zero attached hydrogens (tertiary/aromatic N) is 2. The summed E-state index contributed by atoms with van der Waals surface area (Å²) in [5.74, 6) is 1.13. The van der Waals surface area contributed by atoms with E-state index in [1.807, 2.05) is 20.2 Å². The van der Waals surface area contributed by atoms with Gasteiger partial charge in [-0.3, -0.25) is 4.79 Å². The SMILES string of the molecule is COc1ccc(S(=O)(=O)N2CCCCC2CCOCC(=O)NCC2CCC(C(c3cccc(F)c3)N(C)C)CC2)cc1. The first-order chi connectivity index (χ1) is 20.2. The van der Waals surface area contributed by atoms with E-state index in [0.29, 0.717) is 43.7 Å². The molecule has 1 amide bonds. The summed E-state index contributed by atoms with van der Waals surface area (Å²) in [6, 6.07) is 13.4. The van der Waals surface area contributed by atoms with E-state index in [0.717, 1.165) is 50.5 Å². The molecule has 1 N–H and O–H groups in total. The molecule has 0 bridgehead atoms. The van der Waals surface area contributed by atoms with Crippen LogP contribution in [0.3, 0.4) is 0 Å². The molecule has 0 spiro atoms. The molecular weight excluding hydrogens is 557 g/mol. The van der Waals surface area contributed by atoms with Gasteiger partial charge in [0.2, 0.25) is 15.9 Å². The topological polar surface area (TPSA) is 88.2 Å².